The quantitative estimate of drug-likeness (QED) is 0.201. The van der Waals surface area contributed by atoms with Crippen LogP contribution >= 0.6 is 0 Å². The average molecular weight is 533 g/mol. The lowest BCUT2D eigenvalue weighted by molar-refractivity contribution is -0.133. The van der Waals surface area contributed by atoms with Crippen molar-refractivity contribution in [1.29, 1.82) is 0 Å². The molecule has 0 spiro atoms. The molecule has 1 heterocycles. The number of carbonyl (C=O) groups excluding carboxylic acids is 2. The predicted octanol–water partition coefficient (Wildman–Crippen LogP) is 3.13. The molecule has 1 aliphatic carbocycles. The van der Waals surface area contributed by atoms with Gasteiger partial charge in [-0.25, -0.2) is 0 Å². The number of amides is 2. The third-order valence-electron chi connectivity index (χ3n) is 8.04. The smallest absolute Gasteiger partial charge is 0.239 e. The second-order valence-electron chi connectivity index (χ2n) is 10.9. The van der Waals surface area contributed by atoms with Crippen molar-refractivity contribution in [2.24, 2.45) is 22.4 Å². The first-order valence-corrected chi connectivity index (χ1v) is 14.5. The average Bonchev–Trinajstić information content (AvgIpc) is 3.12. The molecule has 2 fully saturated rings. The number of nitrogens with zero attached hydrogens (tertiary/aromatic N) is 2. The first kappa shape index (κ1) is 28.6. The number of aliphatic imine (C=N–C) groups is 1. The van der Waals surface area contributed by atoms with Crippen LogP contribution in [0.4, 0.5) is 0 Å². The second kappa shape index (κ2) is 14.7. The van der Waals surface area contributed by atoms with Gasteiger partial charge in [0.15, 0.2) is 5.96 Å². The maximum Gasteiger partial charge on any atom is 0.239 e. The fourth-order valence-corrected chi connectivity index (χ4v) is 5.86. The molecule has 8 heteroatoms. The number of nitrogens with two attached hydrogens (primary N) is 2. The minimum atomic E-state index is -0.356. The van der Waals surface area contributed by atoms with E-state index in [9.17, 15) is 9.59 Å². The number of carbonyl (C=O) groups is 2. The van der Waals surface area contributed by atoms with Crippen molar-refractivity contribution in [3.05, 3.63) is 71.8 Å². The topological polar surface area (TPSA) is 126 Å². The van der Waals surface area contributed by atoms with Gasteiger partial charge in [0, 0.05) is 44.1 Å². The molecule has 2 atom stereocenters. The van der Waals surface area contributed by atoms with Crippen molar-refractivity contribution in [1.82, 2.24) is 15.5 Å². The third kappa shape index (κ3) is 8.55. The van der Waals surface area contributed by atoms with Crippen molar-refractivity contribution >= 4 is 17.8 Å². The molecule has 2 aliphatic rings. The van der Waals surface area contributed by atoms with Crippen LogP contribution in [0.5, 0.6) is 0 Å². The Balaban J connectivity index is 1.48. The summed E-state index contributed by atoms with van der Waals surface area (Å²) in [6.07, 6.45) is 7.53. The van der Waals surface area contributed by atoms with E-state index < -0.39 is 0 Å². The van der Waals surface area contributed by atoms with E-state index in [1.165, 1.54) is 17.5 Å². The van der Waals surface area contributed by atoms with Crippen LogP contribution in [0.3, 0.4) is 0 Å². The lowest BCUT2D eigenvalue weighted by Gasteiger charge is -2.29. The molecular formula is C31H44N6O2. The van der Waals surface area contributed by atoms with Crippen LogP contribution in [0.15, 0.2) is 65.7 Å². The number of benzene rings is 2. The van der Waals surface area contributed by atoms with Crippen molar-refractivity contribution in [2.45, 2.75) is 69.4 Å². The molecule has 6 N–H and O–H groups in total. The summed E-state index contributed by atoms with van der Waals surface area (Å²) in [5.41, 5.74) is 13.4. The van der Waals surface area contributed by atoms with Crippen LogP contribution in [-0.4, -0.2) is 60.9 Å². The Kier molecular flexibility index (Phi) is 10.8. The highest BCUT2D eigenvalue weighted by Crippen LogP contribution is 2.27. The Hall–Kier alpha value is -3.39. The van der Waals surface area contributed by atoms with E-state index in [1.54, 1.807) is 0 Å². The van der Waals surface area contributed by atoms with Crippen LogP contribution in [0.25, 0.3) is 0 Å². The molecule has 2 aromatic rings. The van der Waals surface area contributed by atoms with Crippen LogP contribution in [0.2, 0.25) is 0 Å². The third-order valence-corrected chi connectivity index (χ3v) is 8.04. The number of nitrogens with one attached hydrogen (secondary N) is 2. The van der Waals surface area contributed by atoms with Gasteiger partial charge >= 0.3 is 0 Å². The van der Waals surface area contributed by atoms with Crippen molar-refractivity contribution in [3.63, 3.8) is 0 Å². The first-order valence-electron chi connectivity index (χ1n) is 14.5. The lowest BCUT2D eigenvalue weighted by Crippen LogP contribution is -2.49. The summed E-state index contributed by atoms with van der Waals surface area (Å²) in [5, 5.41) is 6.77. The zero-order valence-corrected chi connectivity index (χ0v) is 22.9. The summed E-state index contributed by atoms with van der Waals surface area (Å²) in [7, 11) is 0. The number of hydrogen-bond acceptors (Lipinski definition) is 4. The summed E-state index contributed by atoms with van der Waals surface area (Å²) < 4.78 is 0. The molecule has 4 rings (SSSR count). The lowest BCUT2D eigenvalue weighted by atomic mass is 9.88. The molecule has 0 unspecified atom stereocenters. The molecule has 39 heavy (non-hydrogen) atoms. The van der Waals surface area contributed by atoms with Crippen LogP contribution in [0, 0.1) is 5.92 Å². The Morgan fingerprint density at radius 3 is 2.23 bits per heavy atom. The van der Waals surface area contributed by atoms with E-state index in [1.807, 2.05) is 17.0 Å². The molecule has 0 bridgehead atoms. The van der Waals surface area contributed by atoms with Gasteiger partial charge in [-0.05, 0) is 43.2 Å². The largest absolute Gasteiger partial charge is 0.370 e. The maximum absolute atomic E-state index is 13.9. The van der Waals surface area contributed by atoms with Crippen molar-refractivity contribution in [2.75, 3.05) is 26.2 Å². The van der Waals surface area contributed by atoms with Crippen molar-refractivity contribution < 1.29 is 9.59 Å². The number of guanidine groups is 1. The molecule has 2 amide bonds. The van der Waals surface area contributed by atoms with Gasteiger partial charge < -0.3 is 27.0 Å². The van der Waals surface area contributed by atoms with E-state index in [2.05, 4.69) is 64.2 Å². The summed E-state index contributed by atoms with van der Waals surface area (Å²) in [6, 6.07) is 20.4. The minimum absolute atomic E-state index is 0.0199. The van der Waals surface area contributed by atoms with E-state index in [4.69, 9.17) is 11.5 Å². The first-order chi connectivity index (χ1) is 19.0. The second-order valence-corrected chi connectivity index (χ2v) is 10.9. The Morgan fingerprint density at radius 2 is 1.62 bits per heavy atom. The summed E-state index contributed by atoms with van der Waals surface area (Å²) in [4.78, 5) is 32.8. The zero-order valence-electron chi connectivity index (χ0n) is 22.9. The highest BCUT2D eigenvalue weighted by atomic mass is 16.2. The van der Waals surface area contributed by atoms with E-state index in [0.717, 1.165) is 32.1 Å². The molecule has 1 saturated heterocycles. The maximum atomic E-state index is 13.9. The number of rotatable bonds is 11. The normalized spacial score (nSPS) is 20.4. The molecule has 0 radical (unpaired) electrons. The monoisotopic (exact) mass is 532 g/mol. The van der Waals surface area contributed by atoms with E-state index >= 15 is 0 Å². The van der Waals surface area contributed by atoms with Gasteiger partial charge in [0.2, 0.25) is 11.8 Å². The summed E-state index contributed by atoms with van der Waals surface area (Å²) in [5.74, 6) is 0.504. The summed E-state index contributed by atoms with van der Waals surface area (Å²) in [6.45, 7) is 2.24. The predicted molar refractivity (Wildman–Crippen MR) is 156 cm³/mol. The number of hydrogen-bond donors (Lipinski definition) is 4. The summed E-state index contributed by atoms with van der Waals surface area (Å²) >= 11 is 0. The van der Waals surface area contributed by atoms with Gasteiger partial charge in [-0.3, -0.25) is 14.6 Å². The Morgan fingerprint density at radius 1 is 0.974 bits per heavy atom. The van der Waals surface area contributed by atoms with Crippen LogP contribution in [0.1, 0.15) is 68.4 Å². The van der Waals surface area contributed by atoms with Gasteiger partial charge in [0.05, 0.1) is 6.04 Å². The van der Waals surface area contributed by atoms with Gasteiger partial charge in [0.1, 0.15) is 0 Å². The zero-order chi connectivity index (χ0) is 27.5. The Bertz CT molecular complexity index is 1030. The molecule has 1 saturated carbocycles. The molecule has 0 aromatic heterocycles. The SMILES string of the molecule is NC(N)=NCCC[C@@H]1N[C@H](CNC(=O)C2CCCCC2)CCN(CC(c2ccccc2)c2ccccc2)C1=O. The highest BCUT2D eigenvalue weighted by Gasteiger charge is 2.33. The molecule has 2 aromatic carbocycles. The fourth-order valence-electron chi connectivity index (χ4n) is 5.86. The van der Waals surface area contributed by atoms with Crippen molar-refractivity contribution in [3.8, 4) is 0 Å². The van der Waals surface area contributed by atoms with Gasteiger partial charge in [-0.1, -0.05) is 79.9 Å². The molecular weight excluding hydrogens is 488 g/mol. The van der Waals surface area contributed by atoms with E-state index in [-0.39, 0.29) is 41.7 Å². The van der Waals surface area contributed by atoms with Gasteiger partial charge in [0.25, 0.3) is 0 Å². The minimum Gasteiger partial charge on any atom is -0.370 e. The van der Waals surface area contributed by atoms with E-state index in [0.29, 0.717) is 39.0 Å². The van der Waals surface area contributed by atoms with Gasteiger partial charge in [-0.15, -0.1) is 0 Å². The van der Waals surface area contributed by atoms with Gasteiger partial charge in [-0.2, -0.15) is 0 Å². The Labute approximate surface area is 232 Å². The van der Waals surface area contributed by atoms with Crippen LogP contribution < -0.4 is 22.1 Å². The molecule has 1 aliphatic heterocycles. The fraction of sp³-hybridized carbons (Fsp3) is 0.516. The highest BCUT2D eigenvalue weighted by molar-refractivity contribution is 5.82. The molecule has 210 valence electrons. The van der Waals surface area contributed by atoms with Crippen LogP contribution in [-0.2, 0) is 9.59 Å². The standard InChI is InChI=1S/C31H44N6O2/c32-31(33)34-19-10-17-28-30(39)37(20-18-26(36-28)21-35-29(38)25-15-8-3-9-16-25)22-27(23-11-4-1-5-12-23)24-13-6-2-7-14-24/h1-2,4-7,11-14,25-28,36H,3,8-10,15-22H2,(H,35,38)(H4,32,33,34)/t26-,28-/m0/s1. The molecule has 8 nitrogen and oxygen atoms in total.